The Morgan fingerprint density at radius 3 is 2.58 bits per heavy atom. The number of fused-ring (bicyclic) bond motifs is 1. The van der Waals surface area contributed by atoms with Gasteiger partial charge in [-0.3, -0.25) is 4.79 Å². The van der Waals surface area contributed by atoms with E-state index in [0.717, 1.165) is 35.9 Å². The van der Waals surface area contributed by atoms with Crippen molar-refractivity contribution in [3.05, 3.63) is 63.7 Å². The summed E-state index contributed by atoms with van der Waals surface area (Å²) in [5, 5.41) is 0.132. The lowest BCUT2D eigenvalue weighted by Crippen LogP contribution is -2.24. The second kappa shape index (κ2) is 7.39. The van der Waals surface area contributed by atoms with Crippen molar-refractivity contribution in [3.8, 4) is 5.75 Å². The molecule has 1 atom stereocenters. The van der Waals surface area contributed by atoms with Crippen molar-refractivity contribution in [1.29, 1.82) is 0 Å². The van der Waals surface area contributed by atoms with Gasteiger partial charge in [-0.05, 0) is 36.2 Å². The van der Waals surface area contributed by atoms with Gasteiger partial charge in [-0.2, -0.15) is 8.42 Å². The zero-order valence-corrected chi connectivity index (χ0v) is 16.2. The predicted molar refractivity (Wildman–Crippen MR) is 102 cm³/mol. The normalized spacial score (nSPS) is 18.0. The third kappa shape index (κ3) is 3.92. The number of hydrogen-bond donors (Lipinski definition) is 0. The second-order valence-corrected chi connectivity index (χ2v) is 8.54. The van der Waals surface area contributed by atoms with Gasteiger partial charge in [-0.1, -0.05) is 41.9 Å². The number of likely N-dealkylation sites (N-methyl/N-ethyl adjacent to an activating group) is 1. The maximum atomic E-state index is 12.0. The van der Waals surface area contributed by atoms with E-state index in [9.17, 15) is 13.2 Å². The molecule has 2 aromatic carbocycles. The Kier molecular flexibility index (Phi) is 5.37. The van der Waals surface area contributed by atoms with Gasteiger partial charge in [0.25, 0.3) is 0 Å². The molecule has 26 heavy (non-hydrogen) atoms. The summed E-state index contributed by atoms with van der Waals surface area (Å²) in [5.41, 5.74) is 3.00. The molecular weight excluding hydrogens is 374 g/mol. The van der Waals surface area contributed by atoms with E-state index >= 15 is 0 Å². The maximum Gasteiger partial charge on any atom is 0.306 e. The summed E-state index contributed by atoms with van der Waals surface area (Å²) in [6.07, 6.45) is 2.30. The largest absolute Gasteiger partial charge is 0.380 e. The molecular formula is C19H20ClNO4S. The smallest absolute Gasteiger partial charge is 0.306 e. The molecule has 0 aromatic heterocycles. The predicted octanol–water partition coefficient (Wildman–Crippen LogP) is 3.11. The van der Waals surface area contributed by atoms with E-state index < -0.39 is 10.1 Å². The fourth-order valence-electron chi connectivity index (χ4n) is 3.45. The van der Waals surface area contributed by atoms with Gasteiger partial charge >= 0.3 is 10.1 Å². The molecule has 5 nitrogen and oxygen atoms in total. The highest BCUT2D eigenvalue weighted by molar-refractivity contribution is 7.86. The van der Waals surface area contributed by atoms with Crippen LogP contribution in [0, 0.1) is 0 Å². The van der Waals surface area contributed by atoms with Crippen LogP contribution in [0.3, 0.4) is 0 Å². The molecule has 2 aromatic rings. The van der Waals surface area contributed by atoms with Gasteiger partial charge in [-0.25, -0.2) is 0 Å². The lowest BCUT2D eigenvalue weighted by atomic mass is 9.84. The second-order valence-electron chi connectivity index (χ2n) is 6.55. The molecule has 138 valence electrons. The molecule has 0 bridgehead atoms. The first-order chi connectivity index (χ1) is 12.3. The molecule has 0 spiro atoms. The Labute approximate surface area is 158 Å². The standard InChI is InChI=1S/C19H20ClNO4S/c1-21-9-8-14-10-17(20)19(25-26(2,23)24)16(12-22)18(14)15(11-21)13-6-4-3-5-7-13/h3-7,10,12,15H,8-9,11H2,1-2H3/t15-/m1/s1. The molecule has 0 N–H and O–H groups in total. The molecule has 0 amide bonds. The minimum atomic E-state index is -3.81. The van der Waals surface area contributed by atoms with Gasteiger partial charge in [0, 0.05) is 19.0 Å². The topological polar surface area (TPSA) is 63.7 Å². The first-order valence-electron chi connectivity index (χ1n) is 8.23. The average molecular weight is 394 g/mol. The van der Waals surface area contributed by atoms with Crippen LogP contribution < -0.4 is 4.18 Å². The lowest BCUT2D eigenvalue weighted by molar-refractivity contribution is 0.112. The van der Waals surface area contributed by atoms with Crippen LogP contribution in [0.4, 0.5) is 0 Å². The van der Waals surface area contributed by atoms with Gasteiger partial charge in [-0.15, -0.1) is 0 Å². The summed E-state index contributed by atoms with van der Waals surface area (Å²) in [4.78, 5) is 14.2. The SMILES string of the molecule is CN1CCc2cc(Cl)c(OS(C)(=O)=O)c(C=O)c2[C@@H](c2ccccc2)C1. The van der Waals surface area contributed by atoms with Gasteiger partial charge < -0.3 is 9.08 Å². The van der Waals surface area contributed by atoms with Gasteiger partial charge in [0.05, 0.1) is 16.8 Å². The molecule has 0 aliphatic carbocycles. The van der Waals surface area contributed by atoms with E-state index in [-0.39, 0.29) is 22.3 Å². The Hall–Kier alpha value is -1.89. The first kappa shape index (κ1) is 18.9. The number of hydrogen-bond acceptors (Lipinski definition) is 5. The number of benzene rings is 2. The van der Waals surface area contributed by atoms with Crippen LogP contribution in [0.2, 0.25) is 5.02 Å². The van der Waals surface area contributed by atoms with Crippen molar-refractivity contribution in [2.75, 3.05) is 26.4 Å². The molecule has 0 unspecified atom stereocenters. The lowest BCUT2D eigenvalue weighted by Gasteiger charge is -2.24. The number of aldehydes is 1. The van der Waals surface area contributed by atoms with E-state index in [1.54, 1.807) is 6.07 Å². The minimum Gasteiger partial charge on any atom is -0.380 e. The van der Waals surface area contributed by atoms with Crippen LogP contribution in [-0.2, 0) is 16.5 Å². The fourth-order valence-corrected chi connectivity index (χ4v) is 4.25. The van der Waals surface area contributed by atoms with Crippen LogP contribution in [0.15, 0.2) is 36.4 Å². The monoisotopic (exact) mass is 393 g/mol. The molecule has 1 aliphatic heterocycles. The molecule has 7 heteroatoms. The Balaban J connectivity index is 2.27. The fraction of sp³-hybridized carbons (Fsp3) is 0.316. The Morgan fingerprint density at radius 2 is 1.96 bits per heavy atom. The molecule has 0 saturated carbocycles. The van der Waals surface area contributed by atoms with E-state index in [2.05, 4.69) is 4.90 Å². The Bertz CT molecular complexity index is 928. The zero-order chi connectivity index (χ0) is 18.9. The maximum absolute atomic E-state index is 12.0. The first-order valence-corrected chi connectivity index (χ1v) is 10.4. The minimum absolute atomic E-state index is 0.0851. The van der Waals surface area contributed by atoms with E-state index in [0.29, 0.717) is 12.8 Å². The van der Waals surface area contributed by atoms with Crippen molar-refractivity contribution >= 4 is 28.0 Å². The van der Waals surface area contributed by atoms with Crippen LogP contribution in [0.25, 0.3) is 0 Å². The molecule has 0 radical (unpaired) electrons. The number of halogens is 1. The number of carbonyl (C=O) groups is 1. The third-order valence-corrected chi connectivity index (χ3v) is 5.31. The third-order valence-electron chi connectivity index (χ3n) is 4.56. The zero-order valence-electron chi connectivity index (χ0n) is 14.6. The highest BCUT2D eigenvalue weighted by atomic mass is 35.5. The van der Waals surface area contributed by atoms with Crippen molar-refractivity contribution < 1.29 is 17.4 Å². The van der Waals surface area contributed by atoms with Crippen LogP contribution in [-0.4, -0.2) is 46.0 Å². The van der Waals surface area contributed by atoms with E-state index in [1.807, 2.05) is 37.4 Å². The van der Waals surface area contributed by atoms with Crippen molar-refractivity contribution in [1.82, 2.24) is 4.90 Å². The summed E-state index contributed by atoms with van der Waals surface area (Å²) >= 11 is 6.27. The van der Waals surface area contributed by atoms with Gasteiger partial charge in [0.15, 0.2) is 12.0 Å². The quantitative estimate of drug-likeness (QED) is 0.590. The average Bonchev–Trinajstić information content (AvgIpc) is 2.75. The number of carbonyl (C=O) groups excluding carboxylic acids is 1. The van der Waals surface area contributed by atoms with E-state index in [4.69, 9.17) is 15.8 Å². The number of rotatable bonds is 4. The molecule has 1 heterocycles. The summed E-state index contributed by atoms with van der Waals surface area (Å²) in [6.45, 7) is 1.52. The summed E-state index contributed by atoms with van der Waals surface area (Å²) in [7, 11) is -1.79. The highest BCUT2D eigenvalue weighted by Crippen LogP contribution is 2.41. The molecule has 3 rings (SSSR count). The summed E-state index contributed by atoms with van der Waals surface area (Å²) in [5.74, 6) is -0.175. The molecule has 1 aliphatic rings. The Morgan fingerprint density at radius 1 is 1.27 bits per heavy atom. The summed E-state index contributed by atoms with van der Waals surface area (Å²) < 4.78 is 28.4. The molecule has 0 fully saturated rings. The van der Waals surface area contributed by atoms with Crippen molar-refractivity contribution in [3.63, 3.8) is 0 Å². The van der Waals surface area contributed by atoms with Crippen LogP contribution in [0.1, 0.15) is 33.0 Å². The molecule has 0 saturated heterocycles. The van der Waals surface area contributed by atoms with Crippen LogP contribution >= 0.6 is 11.6 Å². The highest BCUT2D eigenvalue weighted by Gasteiger charge is 2.30. The van der Waals surface area contributed by atoms with Crippen LogP contribution in [0.5, 0.6) is 5.75 Å². The summed E-state index contributed by atoms with van der Waals surface area (Å²) in [6, 6.07) is 11.6. The van der Waals surface area contributed by atoms with E-state index in [1.165, 1.54) is 0 Å². The van der Waals surface area contributed by atoms with Gasteiger partial charge in [0.2, 0.25) is 0 Å². The van der Waals surface area contributed by atoms with Gasteiger partial charge in [0.1, 0.15) is 0 Å². The number of nitrogens with zero attached hydrogens (tertiary/aromatic N) is 1. The van der Waals surface area contributed by atoms with Crippen molar-refractivity contribution in [2.24, 2.45) is 0 Å². The van der Waals surface area contributed by atoms with Crippen molar-refractivity contribution in [2.45, 2.75) is 12.3 Å².